The average Bonchev–Trinajstić information content (AvgIpc) is 2.66. The predicted octanol–water partition coefficient (Wildman–Crippen LogP) is 1.74. The molecule has 2 amide bonds. The van der Waals surface area contributed by atoms with Crippen LogP contribution in [0.2, 0.25) is 0 Å². The highest BCUT2D eigenvalue weighted by molar-refractivity contribution is 5.95. The number of nitrogens with zero attached hydrogens (tertiary/aromatic N) is 4. The lowest BCUT2D eigenvalue weighted by molar-refractivity contribution is -0.384. The number of halogens is 1. The third-order valence-electron chi connectivity index (χ3n) is 5.05. The van der Waals surface area contributed by atoms with Crippen LogP contribution in [-0.4, -0.2) is 72.9 Å². The van der Waals surface area contributed by atoms with E-state index in [2.05, 4.69) is 0 Å². The first kappa shape index (κ1) is 24.6. The number of nitro groups is 1. The predicted molar refractivity (Wildman–Crippen MR) is 115 cm³/mol. The quantitative estimate of drug-likeness (QED) is 0.546. The molecule has 162 valence electrons. The monoisotopic (exact) mass is 427 g/mol. The molecule has 29 heavy (non-hydrogen) atoms. The second-order valence-electron chi connectivity index (χ2n) is 7.98. The number of carbonyl (C=O) groups excluding carboxylic acids is 2. The van der Waals surface area contributed by atoms with Gasteiger partial charge in [-0.1, -0.05) is 13.8 Å². The van der Waals surface area contributed by atoms with Crippen molar-refractivity contribution in [1.82, 2.24) is 9.80 Å². The fraction of sp³-hybridized carbons (Fsp3) is 0.579. The third-order valence-corrected chi connectivity index (χ3v) is 5.05. The van der Waals surface area contributed by atoms with Gasteiger partial charge in [-0.2, -0.15) is 0 Å². The Balaban J connectivity index is 0.00000420. The molecule has 9 nitrogen and oxygen atoms in total. The van der Waals surface area contributed by atoms with Crippen molar-refractivity contribution >= 4 is 35.6 Å². The maximum atomic E-state index is 12.7. The highest BCUT2D eigenvalue weighted by atomic mass is 35.5. The molecule has 1 heterocycles. The van der Waals surface area contributed by atoms with Gasteiger partial charge in [-0.25, -0.2) is 0 Å². The van der Waals surface area contributed by atoms with E-state index in [1.54, 1.807) is 24.1 Å². The van der Waals surface area contributed by atoms with Crippen LogP contribution < -0.4 is 10.6 Å². The summed E-state index contributed by atoms with van der Waals surface area (Å²) >= 11 is 0. The minimum Gasteiger partial charge on any atom is -0.362 e. The molecule has 1 saturated heterocycles. The zero-order valence-electron chi connectivity index (χ0n) is 17.4. The van der Waals surface area contributed by atoms with Crippen LogP contribution in [0.25, 0.3) is 0 Å². The van der Waals surface area contributed by atoms with Crippen LogP contribution in [0.4, 0.5) is 11.4 Å². The highest BCUT2D eigenvalue weighted by Gasteiger charge is 2.27. The Morgan fingerprint density at radius 3 is 2.31 bits per heavy atom. The second-order valence-corrected chi connectivity index (χ2v) is 7.98. The van der Waals surface area contributed by atoms with Crippen molar-refractivity contribution in [1.29, 1.82) is 0 Å². The number of hydrogen-bond acceptors (Lipinski definition) is 6. The average molecular weight is 428 g/mol. The summed E-state index contributed by atoms with van der Waals surface area (Å²) in [6, 6.07) is 4.58. The molecule has 0 aromatic heterocycles. The van der Waals surface area contributed by atoms with Crippen LogP contribution in [0.5, 0.6) is 0 Å². The summed E-state index contributed by atoms with van der Waals surface area (Å²) in [6.45, 7) is 8.37. The Morgan fingerprint density at radius 1 is 1.24 bits per heavy atom. The van der Waals surface area contributed by atoms with Gasteiger partial charge in [0.25, 0.3) is 11.6 Å². The van der Waals surface area contributed by atoms with E-state index in [-0.39, 0.29) is 40.9 Å². The van der Waals surface area contributed by atoms with E-state index in [0.29, 0.717) is 45.0 Å². The van der Waals surface area contributed by atoms with Gasteiger partial charge < -0.3 is 20.4 Å². The number of anilines is 1. The molecule has 0 radical (unpaired) electrons. The summed E-state index contributed by atoms with van der Waals surface area (Å²) in [5, 5.41) is 11.6. The molecule has 1 aliphatic rings. The van der Waals surface area contributed by atoms with Crippen LogP contribution in [0.15, 0.2) is 18.2 Å². The van der Waals surface area contributed by atoms with Crippen LogP contribution >= 0.6 is 12.4 Å². The molecule has 0 unspecified atom stereocenters. The van der Waals surface area contributed by atoms with Crippen molar-refractivity contribution < 1.29 is 14.5 Å². The Kier molecular flexibility index (Phi) is 8.40. The standard InChI is InChI=1S/C19H29N5O4.ClH/c1-14(25)22-7-9-23(10-8-22)16-6-5-15(11-17(16)24(27)28)18(26)21(4)13-19(2,3)12-20;/h5-6,11H,7-10,12-13,20H2,1-4H3;1H. The van der Waals surface area contributed by atoms with Gasteiger partial charge in [0.2, 0.25) is 5.91 Å². The van der Waals surface area contributed by atoms with Crippen LogP contribution in [0, 0.1) is 15.5 Å². The van der Waals surface area contributed by atoms with Gasteiger partial charge in [-0.05, 0) is 24.1 Å². The van der Waals surface area contributed by atoms with E-state index in [1.165, 1.54) is 17.9 Å². The maximum absolute atomic E-state index is 12.7. The molecule has 0 bridgehead atoms. The van der Waals surface area contributed by atoms with Crippen molar-refractivity contribution in [2.45, 2.75) is 20.8 Å². The fourth-order valence-electron chi connectivity index (χ4n) is 3.33. The number of nitrogens with two attached hydrogens (primary N) is 1. The summed E-state index contributed by atoms with van der Waals surface area (Å²) in [5.41, 5.74) is 6.12. The summed E-state index contributed by atoms with van der Waals surface area (Å²) in [7, 11) is 1.67. The maximum Gasteiger partial charge on any atom is 0.293 e. The SMILES string of the molecule is CC(=O)N1CCN(c2ccc(C(=O)N(C)CC(C)(C)CN)cc2[N+](=O)[O-])CC1.Cl. The highest BCUT2D eigenvalue weighted by Crippen LogP contribution is 2.30. The van der Waals surface area contributed by atoms with Crippen molar-refractivity contribution in [2.75, 3.05) is 51.2 Å². The molecule has 0 atom stereocenters. The van der Waals surface area contributed by atoms with Gasteiger partial charge >= 0.3 is 0 Å². The lowest BCUT2D eigenvalue weighted by Gasteiger charge is -2.35. The summed E-state index contributed by atoms with van der Waals surface area (Å²) in [5.74, 6) is -0.281. The summed E-state index contributed by atoms with van der Waals surface area (Å²) in [6.07, 6.45) is 0. The number of hydrogen-bond donors (Lipinski definition) is 1. The Morgan fingerprint density at radius 2 is 1.83 bits per heavy atom. The first-order valence-electron chi connectivity index (χ1n) is 9.30. The van der Waals surface area contributed by atoms with E-state index in [1.807, 2.05) is 18.7 Å². The first-order chi connectivity index (χ1) is 13.1. The van der Waals surface area contributed by atoms with Gasteiger partial charge in [0, 0.05) is 58.3 Å². The van der Waals surface area contributed by atoms with Gasteiger partial charge in [-0.15, -0.1) is 12.4 Å². The lowest BCUT2D eigenvalue weighted by Crippen LogP contribution is -2.48. The van der Waals surface area contributed by atoms with Crippen LogP contribution in [0.1, 0.15) is 31.1 Å². The first-order valence-corrected chi connectivity index (χ1v) is 9.30. The number of nitro benzene ring substituents is 1. The molecular formula is C19H30ClN5O4. The largest absolute Gasteiger partial charge is 0.362 e. The minimum absolute atomic E-state index is 0. The lowest BCUT2D eigenvalue weighted by atomic mass is 9.93. The number of rotatable bonds is 6. The molecule has 0 spiro atoms. The molecule has 2 rings (SSSR count). The topological polar surface area (TPSA) is 113 Å². The van der Waals surface area contributed by atoms with Gasteiger partial charge in [0.15, 0.2) is 0 Å². The van der Waals surface area contributed by atoms with Crippen molar-refractivity contribution in [3.8, 4) is 0 Å². The molecule has 1 aliphatic heterocycles. The zero-order chi connectivity index (χ0) is 21.1. The number of amides is 2. The van der Waals surface area contributed by atoms with E-state index in [0.717, 1.165) is 0 Å². The van der Waals surface area contributed by atoms with E-state index < -0.39 is 4.92 Å². The smallest absolute Gasteiger partial charge is 0.293 e. The van der Waals surface area contributed by atoms with Gasteiger partial charge in [0.1, 0.15) is 5.69 Å². The van der Waals surface area contributed by atoms with Gasteiger partial charge in [-0.3, -0.25) is 19.7 Å². The summed E-state index contributed by atoms with van der Waals surface area (Å²) < 4.78 is 0. The molecule has 2 N–H and O–H groups in total. The molecule has 10 heteroatoms. The molecule has 1 aromatic rings. The van der Waals surface area contributed by atoms with Crippen molar-refractivity contribution in [3.63, 3.8) is 0 Å². The third kappa shape index (κ3) is 6.04. The Hall–Kier alpha value is -2.39. The van der Waals surface area contributed by atoms with Gasteiger partial charge in [0.05, 0.1) is 4.92 Å². The second kappa shape index (κ2) is 9.89. The van der Waals surface area contributed by atoms with Crippen LogP contribution in [-0.2, 0) is 4.79 Å². The van der Waals surface area contributed by atoms with Crippen LogP contribution in [0.3, 0.4) is 0 Å². The molecule has 0 aliphatic carbocycles. The fourth-order valence-corrected chi connectivity index (χ4v) is 3.33. The number of carbonyl (C=O) groups is 2. The Bertz CT molecular complexity index is 763. The molecular weight excluding hydrogens is 398 g/mol. The molecule has 0 saturated carbocycles. The number of piperazine rings is 1. The summed E-state index contributed by atoms with van der Waals surface area (Å²) in [4.78, 5) is 40.5. The van der Waals surface area contributed by atoms with Crippen molar-refractivity contribution in [3.05, 3.63) is 33.9 Å². The molecule has 1 aromatic carbocycles. The van der Waals surface area contributed by atoms with E-state index in [4.69, 9.17) is 5.73 Å². The number of benzene rings is 1. The van der Waals surface area contributed by atoms with E-state index >= 15 is 0 Å². The van der Waals surface area contributed by atoms with Crippen molar-refractivity contribution in [2.24, 2.45) is 11.1 Å². The normalized spacial score (nSPS) is 14.2. The Labute approximate surface area is 177 Å². The minimum atomic E-state index is -0.465. The molecule has 1 fully saturated rings. The van der Waals surface area contributed by atoms with E-state index in [9.17, 15) is 19.7 Å². The zero-order valence-corrected chi connectivity index (χ0v) is 18.2.